The first-order chi connectivity index (χ1) is 8.01. The zero-order valence-corrected chi connectivity index (χ0v) is 9.60. The van der Waals surface area contributed by atoms with Crippen molar-refractivity contribution in [3.63, 3.8) is 0 Å². The number of hydrogen-bond donors (Lipinski definition) is 2. The van der Waals surface area contributed by atoms with Crippen LogP contribution >= 0.6 is 0 Å². The fourth-order valence-corrected chi connectivity index (χ4v) is 1.61. The molecule has 0 bridgehead atoms. The molecule has 1 heterocycles. The lowest BCUT2D eigenvalue weighted by Gasteiger charge is -2.20. The van der Waals surface area contributed by atoms with Crippen LogP contribution in [-0.4, -0.2) is 24.3 Å². The van der Waals surface area contributed by atoms with Gasteiger partial charge >= 0.3 is 5.97 Å². The van der Waals surface area contributed by atoms with Crippen LogP contribution in [0.3, 0.4) is 0 Å². The Morgan fingerprint density at radius 1 is 1.35 bits per heavy atom. The van der Waals surface area contributed by atoms with Crippen molar-refractivity contribution in [2.75, 3.05) is 13.2 Å². The Bertz CT molecular complexity index is 442. The van der Waals surface area contributed by atoms with Crippen LogP contribution in [0.15, 0.2) is 18.2 Å². The molecule has 1 aliphatic heterocycles. The summed E-state index contributed by atoms with van der Waals surface area (Å²) in [4.78, 5) is 11.1. The summed E-state index contributed by atoms with van der Waals surface area (Å²) in [6, 6.07) is 4.99. The maximum atomic E-state index is 11.1. The fraction of sp³-hybridized carbons (Fsp3) is 0.417. The average Bonchev–Trinajstić information content (AvgIpc) is 2.52. The van der Waals surface area contributed by atoms with E-state index in [1.807, 2.05) is 0 Å². The molecule has 1 atom stereocenters. The number of rotatable bonds is 2. The van der Waals surface area contributed by atoms with Crippen molar-refractivity contribution < 1.29 is 19.4 Å². The van der Waals surface area contributed by atoms with Crippen molar-refractivity contribution in [3.05, 3.63) is 23.8 Å². The number of ether oxygens (including phenoxy) is 2. The van der Waals surface area contributed by atoms with E-state index in [9.17, 15) is 4.79 Å². The number of carboxylic acid groups (broad SMARTS) is 1. The van der Waals surface area contributed by atoms with E-state index >= 15 is 0 Å². The van der Waals surface area contributed by atoms with Gasteiger partial charge in [-0.15, -0.1) is 0 Å². The molecule has 1 aromatic carbocycles. The summed E-state index contributed by atoms with van der Waals surface area (Å²) in [6.45, 7) is 2.62. The molecule has 0 radical (unpaired) electrons. The van der Waals surface area contributed by atoms with E-state index in [1.165, 1.54) is 6.92 Å². The minimum absolute atomic E-state index is 0.495. The first-order valence-corrected chi connectivity index (χ1v) is 5.44. The van der Waals surface area contributed by atoms with E-state index in [4.69, 9.17) is 20.3 Å². The number of benzene rings is 1. The number of hydrogen-bond acceptors (Lipinski definition) is 4. The number of carbonyl (C=O) groups is 1. The van der Waals surface area contributed by atoms with E-state index in [0.717, 1.165) is 6.42 Å². The molecule has 17 heavy (non-hydrogen) atoms. The molecule has 0 spiro atoms. The number of nitrogens with two attached hydrogens (primary N) is 1. The Hall–Kier alpha value is -1.75. The molecule has 2 rings (SSSR count). The number of carboxylic acids is 1. The molecule has 0 aliphatic carbocycles. The van der Waals surface area contributed by atoms with Crippen molar-refractivity contribution in [2.45, 2.75) is 18.9 Å². The summed E-state index contributed by atoms with van der Waals surface area (Å²) in [5, 5.41) is 9.06. The van der Waals surface area contributed by atoms with Crippen molar-refractivity contribution in [3.8, 4) is 11.5 Å². The van der Waals surface area contributed by atoms with Crippen LogP contribution in [0.5, 0.6) is 11.5 Å². The van der Waals surface area contributed by atoms with Crippen LogP contribution < -0.4 is 15.2 Å². The van der Waals surface area contributed by atoms with Gasteiger partial charge in [0.05, 0.1) is 13.2 Å². The van der Waals surface area contributed by atoms with Crippen LogP contribution in [0.25, 0.3) is 0 Å². The van der Waals surface area contributed by atoms with Gasteiger partial charge in [0.2, 0.25) is 0 Å². The summed E-state index contributed by atoms with van der Waals surface area (Å²) in [7, 11) is 0. The monoisotopic (exact) mass is 237 g/mol. The van der Waals surface area contributed by atoms with Crippen LogP contribution in [0.1, 0.15) is 18.9 Å². The molecule has 1 aromatic rings. The Kier molecular flexibility index (Phi) is 2.93. The largest absolute Gasteiger partial charge is 0.490 e. The first kappa shape index (κ1) is 11.7. The lowest BCUT2D eigenvalue weighted by Crippen LogP contribution is -2.41. The van der Waals surface area contributed by atoms with Crippen molar-refractivity contribution in [1.82, 2.24) is 0 Å². The normalized spacial score (nSPS) is 18.0. The lowest BCUT2D eigenvalue weighted by molar-refractivity contribution is -0.143. The van der Waals surface area contributed by atoms with Gasteiger partial charge < -0.3 is 20.3 Å². The molecule has 3 N–H and O–H groups in total. The number of aliphatic carboxylic acids is 1. The van der Waals surface area contributed by atoms with Gasteiger partial charge in [0.1, 0.15) is 5.54 Å². The second-order valence-corrected chi connectivity index (χ2v) is 4.22. The topological polar surface area (TPSA) is 81.8 Å². The molecule has 0 saturated heterocycles. The molecule has 0 aromatic heterocycles. The van der Waals surface area contributed by atoms with Crippen LogP contribution in [0.2, 0.25) is 0 Å². The van der Waals surface area contributed by atoms with Gasteiger partial charge in [0.15, 0.2) is 11.5 Å². The zero-order valence-electron chi connectivity index (χ0n) is 9.60. The van der Waals surface area contributed by atoms with Crippen LogP contribution in [0, 0.1) is 0 Å². The molecule has 92 valence electrons. The van der Waals surface area contributed by atoms with E-state index < -0.39 is 11.5 Å². The van der Waals surface area contributed by atoms with E-state index in [-0.39, 0.29) is 0 Å². The van der Waals surface area contributed by atoms with E-state index in [0.29, 0.717) is 30.3 Å². The first-order valence-electron chi connectivity index (χ1n) is 5.44. The summed E-state index contributed by atoms with van der Waals surface area (Å²) in [5.41, 5.74) is 4.83. The van der Waals surface area contributed by atoms with Crippen LogP contribution in [0.4, 0.5) is 0 Å². The number of fused-ring (bicyclic) bond motifs is 1. The Morgan fingerprint density at radius 2 is 2.00 bits per heavy atom. The van der Waals surface area contributed by atoms with Gasteiger partial charge in [0, 0.05) is 6.42 Å². The third-order valence-electron chi connectivity index (χ3n) is 2.79. The quantitative estimate of drug-likeness (QED) is 0.805. The molecular weight excluding hydrogens is 222 g/mol. The fourth-order valence-electron chi connectivity index (χ4n) is 1.61. The van der Waals surface area contributed by atoms with Gasteiger partial charge in [0.25, 0.3) is 0 Å². The highest BCUT2D eigenvalue weighted by atomic mass is 16.5. The lowest BCUT2D eigenvalue weighted by atomic mass is 9.93. The molecule has 1 aliphatic rings. The average molecular weight is 237 g/mol. The molecule has 0 saturated carbocycles. The molecular formula is C12H15NO4. The highest BCUT2D eigenvalue weighted by Crippen LogP contribution is 2.33. The Labute approximate surface area is 99.1 Å². The zero-order chi connectivity index (χ0) is 12.5. The second kappa shape index (κ2) is 4.25. The third kappa shape index (κ3) is 2.19. The minimum Gasteiger partial charge on any atom is -0.490 e. The minimum atomic E-state index is -1.43. The van der Waals surface area contributed by atoms with E-state index in [2.05, 4.69) is 0 Å². The standard InChI is InChI=1S/C12H15NO4/c1-12(13,11(14)15)8-3-4-9-10(7-8)17-6-2-5-16-9/h3-4,7H,2,5-6,13H2,1H3,(H,14,15). The molecule has 1 unspecified atom stereocenters. The maximum Gasteiger partial charge on any atom is 0.328 e. The summed E-state index contributed by atoms with van der Waals surface area (Å²) >= 11 is 0. The molecule has 5 nitrogen and oxygen atoms in total. The summed E-state index contributed by atoms with van der Waals surface area (Å²) < 4.78 is 11.0. The van der Waals surface area contributed by atoms with E-state index in [1.54, 1.807) is 18.2 Å². The predicted octanol–water partition coefficient (Wildman–Crippen LogP) is 1.11. The van der Waals surface area contributed by atoms with Crippen molar-refractivity contribution >= 4 is 5.97 Å². The van der Waals surface area contributed by atoms with Gasteiger partial charge in [-0.05, 0) is 24.6 Å². The summed E-state index contributed by atoms with van der Waals surface area (Å²) in [6.07, 6.45) is 0.808. The van der Waals surface area contributed by atoms with Crippen molar-refractivity contribution in [1.29, 1.82) is 0 Å². The second-order valence-electron chi connectivity index (χ2n) is 4.22. The van der Waals surface area contributed by atoms with Gasteiger partial charge in [-0.25, -0.2) is 4.79 Å². The molecule has 0 fully saturated rings. The van der Waals surface area contributed by atoms with Crippen molar-refractivity contribution in [2.24, 2.45) is 5.73 Å². The van der Waals surface area contributed by atoms with Gasteiger partial charge in [-0.1, -0.05) is 6.07 Å². The third-order valence-corrected chi connectivity index (χ3v) is 2.79. The van der Waals surface area contributed by atoms with Crippen LogP contribution in [-0.2, 0) is 10.3 Å². The highest BCUT2D eigenvalue weighted by Gasteiger charge is 2.31. The Morgan fingerprint density at radius 3 is 2.65 bits per heavy atom. The molecule has 5 heteroatoms. The smallest absolute Gasteiger partial charge is 0.328 e. The summed E-state index contributed by atoms with van der Waals surface area (Å²) in [5.74, 6) is 0.109. The highest BCUT2D eigenvalue weighted by molar-refractivity contribution is 5.80. The van der Waals surface area contributed by atoms with Gasteiger partial charge in [-0.2, -0.15) is 0 Å². The van der Waals surface area contributed by atoms with Gasteiger partial charge in [-0.3, -0.25) is 0 Å². The predicted molar refractivity (Wildman–Crippen MR) is 61.2 cm³/mol. The maximum absolute atomic E-state index is 11.1. The Balaban J connectivity index is 2.39. The SMILES string of the molecule is CC(N)(C(=O)O)c1ccc2c(c1)OCCCO2. The molecule has 0 amide bonds.